The fourth-order valence-corrected chi connectivity index (χ4v) is 2.85. The molecule has 0 bridgehead atoms. The van der Waals surface area contributed by atoms with Gasteiger partial charge in [0, 0.05) is 18.7 Å². The molecular formula is C22H37FN4O3. The van der Waals surface area contributed by atoms with Crippen molar-refractivity contribution in [1.82, 2.24) is 16.0 Å². The zero-order valence-corrected chi connectivity index (χ0v) is 19.1. The summed E-state index contributed by atoms with van der Waals surface area (Å²) in [6.07, 6.45) is 0.984. The van der Waals surface area contributed by atoms with Crippen molar-refractivity contribution in [2.45, 2.75) is 78.7 Å². The maximum absolute atomic E-state index is 13.6. The molecule has 0 saturated carbocycles. The van der Waals surface area contributed by atoms with Crippen LogP contribution in [0.25, 0.3) is 0 Å². The molecule has 0 heterocycles. The van der Waals surface area contributed by atoms with Crippen molar-refractivity contribution in [3.8, 4) is 0 Å². The third-order valence-electron chi connectivity index (χ3n) is 4.76. The standard InChI is InChI=1S/C22H37FN4O3/c1-7-22(8-2,27-20(29)30-21(4,5)6)15-26-19(24-9-3)25-13-16-10-11-18(23)17(12-16)14-28/h10-12,28H,7-9,13-15H2,1-6H3,(H,27,29)(H2,24,25,26). The van der Waals surface area contributed by atoms with Gasteiger partial charge in [-0.2, -0.15) is 0 Å². The molecular weight excluding hydrogens is 387 g/mol. The van der Waals surface area contributed by atoms with E-state index in [2.05, 4.69) is 20.9 Å². The maximum Gasteiger partial charge on any atom is 0.408 e. The summed E-state index contributed by atoms with van der Waals surface area (Å²) in [5, 5.41) is 18.7. The maximum atomic E-state index is 13.6. The molecule has 0 radical (unpaired) electrons. The first-order valence-corrected chi connectivity index (χ1v) is 10.5. The predicted octanol–water partition coefficient (Wildman–Crippen LogP) is 3.46. The van der Waals surface area contributed by atoms with Gasteiger partial charge in [0.05, 0.1) is 18.7 Å². The Labute approximate surface area is 179 Å². The Bertz CT molecular complexity index is 713. The molecule has 0 aliphatic heterocycles. The number of alkyl carbamates (subject to hydrolysis) is 1. The molecule has 1 amide bonds. The number of amides is 1. The first-order chi connectivity index (χ1) is 14.1. The summed E-state index contributed by atoms with van der Waals surface area (Å²) in [5.74, 6) is 0.156. The lowest BCUT2D eigenvalue weighted by molar-refractivity contribution is 0.0448. The second-order valence-electron chi connectivity index (χ2n) is 8.25. The van der Waals surface area contributed by atoms with E-state index in [1.807, 2.05) is 41.5 Å². The number of ether oxygens (including phenoxy) is 1. The minimum atomic E-state index is -0.566. The Balaban J connectivity index is 2.86. The second-order valence-corrected chi connectivity index (χ2v) is 8.25. The van der Waals surface area contributed by atoms with E-state index in [1.54, 1.807) is 12.1 Å². The normalized spacial score (nSPS) is 12.5. The van der Waals surface area contributed by atoms with Gasteiger partial charge in [0.1, 0.15) is 11.4 Å². The molecule has 0 saturated heterocycles. The van der Waals surface area contributed by atoms with Crippen LogP contribution in [0.15, 0.2) is 23.2 Å². The van der Waals surface area contributed by atoms with Gasteiger partial charge in [-0.05, 0) is 58.2 Å². The van der Waals surface area contributed by atoms with E-state index >= 15 is 0 Å². The minimum absolute atomic E-state index is 0.248. The number of nitrogens with zero attached hydrogens (tertiary/aromatic N) is 1. The molecule has 1 rings (SSSR count). The molecule has 1 aromatic rings. The van der Waals surface area contributed by atoms with Gasteiger partial charge in [-0.1, -0.05) is 19.9 Å². The number of carbonyl (C=O) groups excluding carboxylic acids is 1. The van der Waals surface area contributed by atoms with Crippen LogP contribution in [0.2, 0.25) is 0 Å². The molecule has 30 heavy (non-hydrogen) atoms. The molecule has 0 aliphatic rings. The average Bonchev–Trinajstić information content (AvgIpc) is 2.68. The highest BCUT2D eigenvalue weighted by molar-refractivity contribution is 5.80. The van der Waals surface area contributed by atoms with Gasteiger partial charge >= 0.3 is 6.09 Å². The van der Waals surface area contributed by atoms with E-state index in [1.165, 1.54) is 6.07 Å². The largest absolute Gasteiger partial charge is 0.444 e. The number of aliphatic imine (C=N–C) groups is 1. The zero-order chi connectivity index (χ0) is 22.8. The van der Waals surface area contributed by atoms with Crippen LogP contribution in [0.5, 0.6) is 0 Å². The van der Waals surface area contributed by atoms with Crippen molar-refractivity contribution in [3.63, 3.8) is 0 Å². The number of halogens is 1. The van der Waals surface area contributed by atoms with Crippen molar-refractivity contribution in [2.75, 3.05) is 13.1 Å². The van der Waals surface area contributed by atoms with Gasteiger partial charge in [-0.15, -0.1) is 0 Å². The quantitative estimate of drug-likeness (QED) is 0.360. The monoisotopic (exact) mass is 424 g/mol. The zero-order valence-electron chi connectivity index (χ0n) is 19.1. The van der Waals surface area contributed by atoms with Crippen molar-refractivity contribution in [2.24, 2.45) is 4.99 Å². The Hall–Kier alpha value is -2.35. The van der Waals surface area contributed by atoms with Crippen molar-refractivity contribution < 1.29 is 19.0 Å². The molecule has 1 aromatic carbocycles. The third-order valence-corrected chi connectivity index (χ3v) is 4.76. The summed E-state index contributed by atoms with van der Waals surface area (Å²) in [6.45, 7) is 12.6. The summed E-state index contributed by atoms with van der Waals surface area (Å²) in [5.41, 5.74) is -0.0118. The number of rotatable bonds is 9. The third kappa shape index (κ3) is 8.57. The number of aliphatic hydroxyl groups excluding tert-OH is 1. The van der Waals surface area contributed by atoms with Crippen LogP contribution >= 0.6 is 0 Å². The molecule has 0 aliphatic carbocycles. The van der Waals surface area contributed by atoms with E-state index in [0.717, 1.165) is 5.56 Å². The van der Waals surface area contributed by atoms with Crippen LogP contribution in [-0.4, -0.2) is 41.4 Å². The minimum Gasteiger partial charge on any atom is -0.444 e. The molecule has 7 nitrogen and oxygen atoms in total. The van der Waals surface area contributed by atoms with E-state index in [0.29, 0.717) is 38.4 Å². The number of benzene rings is 1. The van der Waals surface area contributed by atoms with Gasteiger partial charge in [0.15, 0.2) is 5.96 Å². The molecule has 4 N–H and O–H groups in total. The lowest BCUT2D eigenvalue weighted by atomic mass is 9.93. The molecule has 8 heteroatoms. The fraction of sp³-hybridized carbons (Fsp3) is 0.636. The van der Waals surface area contributed by atoms with E-state index in [4.69, 9.17) is 4.74 Å². The van der Waals surface area contributed by atoms with Crippen LogP contribution in [0, 0.1) is 5.82 Å². The van der Waals surface area contributed by atoms with E-state index in [-0.39, 0.29) is 12.2 Å². The Kier molecular flexibility index (Phi) is 10.0. The lowest BCUT2D eigenvalue weighted by Crippen LogP contribution is -2.57. The molecule has 0 spiro atoms. The second kappa shape index (κ2) is 11.7. The van der Waals surface area contributed by atoms with Crippen LogP contribution in [0.1, 0.15) is 65.5 Å². The number of hydrogen-bond acceptors (Lipinski definition) is 4. The molecule has 0 unspecified atom stereocenters. The van der Waals surface area contributed by atoms with Gasteiger partial charge in [0.25, 0.3) is 0 Å². The topological polar surface area (TPSA) is 95.0 Å². The molecule has 0 aromatic heterocycles. The Morgan fingerprint density at radius 1 is 1.17 bits per heavy atom. The highest BCUT2D eigenvalue weighted by Crippen LogP contribution is 2.16. The van der Waals surface area contributed by atoms with E-state index < -0.39 is 23.1 Å². The summed E-state index contributed by atoms with van der Waals surface area (Å²) < 4.78 is 19.0. The van der Waals surface area contributed by atoms with Gasteiger partial charge in [-0.3, -0.25) is 0 Å². The highest BCUT2D eigenvalue weighted by atomic mass is 19.1. The lowest BCUT2D eigenvalue weighted by Gasteiger charge is -2.34. The number of aliphatic hydroxyl groups is 1. The van der Waals surface area contributed by atoms with Crippen LogP contribution in [0.3, 0.4) is 0 Å². The van der Waals surface area contributed by atoms with Crippen molar-refractivity contribution in [1.29, 1.82) is 0 Å². The predicted molar refractivity (Wildman–Crippen MR) is 118 cm³/mol. The van der Waals surface area contributed by atoms with Gasteiger partial charge in [-0.25, -0.2) is 14.2 Å². The van der Waals surface area contributed by atoms with Crippen LogP contribution in [-0.2, 0) is 17.9 Å². The number of guanidine groups is 1. The first kappa shape index (κ1) is 25.7. The van der Waals surface area contributed by atoms with Crippen molar-refractivity contribution >= 4 is 12.1 Å². The fourth-order valence-electron chi connectivity index (χ4n) is 2.85. The Morgan fingerprint density at radius 3 is 2.37 bits per heavy atom. The number of carbonyl (C=O) groups is 1. The van der Waals surface area contributed by atoms with Crippen molar-refractivity contribution in [3.05, 3.63) is 35.1 Å². The summed E-state index contributed by atoms with van der Waals surface area (Å²) in [6, 6.07) is 4.59. The molecule has 0 atom stereocenters. The molecule has 170 valence electrons. The van der Waals surface area contributed by atoms with E-state index in [9.17, 15) is 14.3 Å². The van der Waals surface area contributed by atoms with Gasteiger partial charge < -0.3 is 25.8 Å². The van der Waals surface area contributed by atoms with Crippen LogP contribution in [0.4, 0.5) is 9.18 Å². The van der Waals surface area contributed by atoms with Gasteiger partial charge in [0.2, 0.25) is 0 Å². The number of hydrogen-bond donors (Lipinski definition) is 4. The summed E-state index contributed by atoms with van der Waals surface area (Å²) in [4.78, 5) is 16.8. The Morgan fingerprint density at radius 2 is 1.83 bits per heavy atom. The van der Waals surface area contributed by atoms with Crippen LogP contribution < -0.4 is 16.0 Å². The average molecular weight is 425 g/mol. The first-order valence-electron chi connectivity index (χ1n) is 10.5. The summed E-state index contributed by atoms with van der Waals surface area (Å²) >= 11 is 0. The SMILES string of the molecule is CCNC(=NCc1ccc(F)c(CO)c1)NCC(CC)(CC)NC(=O)OC(C)(C)C. The summed E-state index contributed by atoms with van der Waals surface area (Å²) in [7, 11) is 0. The number of nitrogens with one attached hydrogen (secondary N) is 3. The smallest absolute Gasteiger partial charge is 0.408 e. The molecule has 0 fully saturated rings. The highest BCUT2D eigenvalue weighted by Gasteiger charge is 2.30.